The van der Waals surface area contributed by atoms with Gasteiger partial charge in [0.2, 0.25) is 5.91 Å². The average Bonchev–Trinajstić information content (AvgIpc) is 2.61. The number of non-ortho nitro benzene ring substituents is 1. The third-order valence-corrected chi connectivity index (χ3v) is 5.36. The lowest BCUT2D eigenvalue weighted by Gasteiger charge is -2.25. The number of rotatable bonds is 6. The van der Waals surface area contributed by atoms with Crippen molar-refractivity contribution in [2.75, 3.05) is 12.8 Å². The van der Waals surface area contributed by atoms with Gasteiger partial charge in [0.05, 0.1) is 16.7 Å². The minimum absolute atomic E-state index is 0.0118. The highest BCUT2D eigenvalue weighted by atomic mass is 32.2. The maximum Gasteiger partial charge on any atom is 0.269 e. The summed E-state index contributed by atoms with van der Waals surface area (Å²) >= 11 is 1.50. The summed E-state index contributed by atoms with van der Waals surface area (Å²) in [6, 6.07) is 12.3. The third kappa shape index (κ3) is 4.82. The first-order chi connectivity index (χ1) is 11.8. The fourth-order valence-corrected chi connectivity index (χ4v) is 3.31. The zero-order valence-electron chi connectivity index (χ0n) is 14.9. The number of carbonyl (C=O) groups excluding carboxylic acids is 1. The lowest BCUT2D eigenvalue weighted by atomic mass is 10.1. The molecule has 0 heterocycles. The predicted molar refractivity (Wildman–Crippen MR) is 101 cm³/mol. The topological polar surface area (TPSA) is 63.5 Å². The summed E-state index contributed by atoms with van der Waals surface area (Å²) in [7, 11) is 1.73. The molecule has 0 spiro atoms. The molecule has 2 rings (SSSR count). The number of carbonyl (C=O) groups is 1. The van der Waals surface area contributed by atoms with Crippen LogP contribution in [0.25, 0.3) is 0 Å². The monoisotopic (exact) mass is 358 g/mol. The van der Waals surface area contributed by atoms with Crippen LogP contribution in [0.5, 0.6) is 0 Å². The van der Waals surface area contributed by atoms with Crippen molar-refractivity contribution < 1.29 is 9.72 Å². The smallest absolute Gasteiger partial charge is 0.269 e. The molecular weight excluding hydrogens is 336 g/mol. The van der Waals surface area contributed by atoms with Gasteiger partial charge in [0.1, 0.15) is 0 Å². The van der Waals surface area contributed by atoms with E-state index in [1.165, 1.54) is 35.0 Å². The molecule has 0 aromatic heterocycles. The van der Waals surface area contributed by atoms with Crippen LogP contribution in [0.3, 0.4) is 0 Å². The molecule has 0 aliphatic carbocycles. The van der Waals surface area contributed by atoms with Crippen molar-refractivity contribution >= 4 is 23.4 Å². The minimum Gasteiger partial charge on any atom is -0.338 e. The largest absolute Gasteiger partial charge is 0.338 e. The number of benzene rings is 2. The van der Waals surface area contributed by atoms with Crippen molar-refractivity contribution in [2.45, 2.75) is 31.7 Å². The van der Waals surface area contributed by atoms with Gasteiger partial charge in [-0.25, -0.2) is 0 Å². The second-order valence-electron chi connectivity index (χ2n) is 6.07. The van der Waals surface area contributed by atoms with Crippen molar-refractivity contribution in [3.63, 3.8) is 0 Å². The zero-order chi connectivity index (χ0) is 18.6. The highest BCUT2D eigenvalue weighted by molar-refractivity contribution is 8.00. The van der Waals surface area contributed by atoms with Crippen LogP contribution in [-0.4, -0.2) is 28.5 Å². The summed E-state index contributed by atoms with van der Waals surface area (Å²) in [6.45, 7) is 5.98. The second-order valence-corrected chi connectivity index (χ2v) is 7.12. The van der Waals surface area contributed by atoms with Gasteiger partial charge in [-0.2, -0.15) is 0 Å². The van der Waals surface area contributed by atoms with E-state index in [0.29, 0.717) is 5.75 Å². The number of hydrogen-bond donors (Lipinski definition) is 0. The Hall–Kier alpha value is -2.34. The lowest BCUT2D eigenvalue weighted by molar-refractivity contribution is -0.384. The predicted octanol–water partition coefficient (Wildman–Crippen LogP) is 4.52. The minimum atomic E-state index is -0.423. The first-order valence-corrected chi connectivity index (χ1v) is 8.98. The van der Waals surface area contributed by atoms with E-state index in [4.69, 9.17) is 0 Å². The standard InChI is InChI=1S/C19H22N2O3S/c1-13-8-9-18(10-14(13)2)25-12-19(22)20(4)15(3)16-6-5-7-17(11-16)21(23)24/h5-11,15H,12H2,1-4H3/t15-/m0/s1. The summed E-state index contributed by atoms with van der Waals surface area (Å²) in [6.07, 6.45) is 0. The van der Waals surface area contributed by atoms with Crippen LogP contribution in [0.4, 0.5) is 5.69 Å². The van der Waals surface area contributed by atoms with Crippen molar-refractivity contribution in [1.29, 1.82) is 0 Å². The molecule has 132 valence electrons. The van der Waals surface area contributed by atoms with Gasteiger partial charge in [0.15, 0.2) is 0 Å². The highest BCUT2D eigenvalue weighted by Gasteiger charge is 2.19. The van der Waals surface area contributed by atoms with E-state index in [1.807, 2.05) is 13.0 Å². The van der Waals surface area contributed by atoms with Crippen LogP contribution in [0, 0.1) is 24.0 Å². The van der Waals surface area contributed by atoms with E-state index in [-0.39, 0.29) is 17.6 Å². The first-order valence-electron chi connectivity index (χ1n) is 7.99. The molecule has 0 saturated heterocycles. The average molecular weight is 358 g/mol. The quantitative estimate of drug-likeness (QED) is 0.432. The summed E-state index contributed by atoms with van der Waals surface area (Å²) in [5.41, 5.74) is 3.22. The molecule has 0 unspecified atom stereocenters. The molecule has 1 atom stereocenters. The number of amides is 1. The lowest BCUT2D eigenvalue weighted by Crippen LogP contribution is -2.31. The number of nitro groups is 1. The number of hydrogen-bond acceptors (Lipinski definition) is 4. The molecule has 0 radical (unpaired) electrons. The molecule has 25 heavy (non-hydrogen) atoms. The van der Waals surface area contributed by atoms with Gasteiger partial charge in [0, 0.05) is 24.1 Å². The summed E-state index contributed by atoms with van der Waals surface area (Å²) in [5, 5.41) is 10.9. The van der Waals surface area contributed by atoms with E-state index in [1.54, 1.807) is 24.1 Å². The maximum absolute atomic E-state index is 12.5. The fraction of sp³-hybridized carbons (Fsp3) is 0.316. The zero-order valence-corrected chi connectivity index (χ0v) is 15.7. The number of nitro benzene ring substituents is 1. The van der Waals surface area contributed by atoms with Crippen molar-refractivity contribution in [3.8, 4) is 0 Å². The Bertz CT molecular complexity index is 792. The van der Waals surface area contributed by atoms with Gasteiger partial charge in [0.25, 0.3) is 5.69 Å². The third-order valence-electron chi connectivity index (χ3n) is 4.38. The van der Waals surface area contributed by atoms with Crippen LogP contribution in [0.2, 0.25) is 0 Å². The molecule has 0 aliphatic heterocycles. The molecule has 2 aromatic carbocycles. The van der Waals surface area contributed by atoms with Crippen LogP contribution in [0.15, 0.2) is 47.4 Å². The van der Waals surface area contributed by atoms with Gasteiger partial charge < -0.3 is 4.90 Å². The Kier molecular flexibility index (Phi) is 6.20. The highest BCUT2D eigenvalue weighted by Crippen LogP contribution is 2.25. The first kappa shape index (κ1) is 19.0. The molecule has 0 fully saturated rings. The molecule has 5 nitrogen and oxygen atoms in total. The molecule has 6 heteroatoms. The Morgan fingerprint density at radius 3 is 2.56 bits per heavy atom. The number of nitrogens with zero attached hydrogens (tertiary/aromatic N) is 2. The summed E-state index contributed by atoms with van der Waals surface area (Å²) in [4.78, 5) is 25.7. The Labute approximate surface area is 152 Å². The van der Waals surface area contributed by atoms with Gasteiger partial charge in [-0.05, 0) is 49.6 Å². The Morgan fingerprint density at radius 2 is 1.92 bits per heavy atom. The molecule has 2 aromatic rings. The van der Waals surface area contributed by atoms with Crippen molar-refractivity contribution in [1.82, 2.24) is 4.90 Å². The normalized spacial score (nSPS) is 11.8. The number of aryl methyl sites for hydroxylation is 2. The summed E-state index contributed by atoms with van der Waals surface area (Å²) < 4.78 is 0. The SMILES string of the molecule is Cc1ccc(SCC(=O)N(C)[C@@H](C)c2cccc([N+](=O)[O-])c2)cc1C. The fourth-order valence-electron chi connectivity index (χ4n) is 2.39. The van der Waals surface area contributed by atoms with Gasteiger partial charge in [-0.1, -0.05) is 18.2 Å². The van der Waals surface area contributed by atoms with E-state index >= 15 is 0 Å². The Balaban J connectivity index is 2.02. The van der Waals surface area contributed by atoms with E-state index in [2.05, 4.69) is 26.0 Å². The maximum atomic E-state index is 12.5. The van der Waals surface area contributed by atoms with Gasteiger partial charge in [-0.15, -0.1) is 11.8 Å². The molecular formula is C19H22N2O3S. The van der Waals surface area contributed by atoms with E-state index in [9.17, 15) is 14.9 Å². The van der Waals surface area contributed by atoms with Crippen molar-refractivity contribution in [2.24, 2.45) is 0 Å². The van der Waals surface area contributed by atoms with Gasteiger partial charge in [-0.3, -0.25) is 14.9 Å². The summed E-state index contributed by atoms with van der Waals surface area (Å²) in [5.74, 6) is 0.320. The van der Waals surface area contributed by atoms with Crippen LogP contribution < -0.4 is 0 Å². The molecule has 0 N–H and O–H groups in total. The number of thioether (sulfide) groups is 1. The molecule has 0 bridgehead atoms. The van der Waals surface area contributed by atoms with Crippen LogP contribution >= 0.6 is 11.8 Å². The molecule has 0 aliphatic rings. The molecule has 1 amide bonds. The molecule has 0 saturated carbocycles. The van der Waals surface area contributed by atoms with Crippen LogP contribution in [0.1, 0.15) is 29.7 Å². The van der Waals surface area contributed by atoms with Gasteiger partial charge >= 0.3 is 0 Å². The van der Waals surface area contributed by atoms with E-state index in [0.717, 1.165) is 10.5 Å². The van der Waals surface area contributed by atoms with E-state index < -0.39 is 4.92 Å². The second kappa shape index (κ2) is 8.16. The van der Waals surface area contributed by atoms with Crippen molar-refractivity contribution in [3.05, 3.63) is 69.3 Å². The van der Waals surface area contributed by atoms with Crippen LogP contribution in [-0.2, 0) is 4.79 Å². The Morgan fingerprint density at radius 1 is 1.20 bits per heavy atom.